The Morgan fingerprint density at radius 2 is 2.29 bits per heavy atom. The number of halogens is 2. The minimum atomic E-state index is -0.945. The summed E-state index contributed by atoms with van der Waals surface area (Å²) >= 11 is 2.19. The van der Waals surface area contributed by atoms with E-state index in [-0.39, 0.29) is 16.4 Å². The van der Waals surface area contributed by atoms with Crippen LogP contribution in [0.4, 0.5) is 8.78 Å². The molecule has 3 nitrogen and oxygen atoms in total. The molecule has 0 aliphatic heterocycles. The molecule has 7 heteroatoms. The van der Waals surface area contributed by atoms with Crippen LogP contribution in [0.2, 0.25) is 0 Å². The Morgan fingerprint density at radius 3 is 2.86 bits per heavy atom. The summed E-state index contributed by atoms with van der Waals surface area (Å²) < 4.78 is 26.2. The van der Waals surface area contributed by atoms with Crippen LogP contribution in [0.25, 0.3) is 0 Å². The van der Waals surface area contributed by atoms with Crippen molar-refractivity contribution in [2.24, 2.45) is 0 Å². The highest BCUT2D eigenvalue weighted by atomic mass is 32.2. The van der Waals surface area contributed by atoms with Crippen LogP contribution in [0.5, 0.6) is 0 Å². The normalized spacial score (nSPS) is 11.9. The minimum Gasteiger partial charge on any atom is -0.297 e. The molecule has 0 saturated carbocycles. The summed E-state index contributed by atoms with van der Waals surface area (Å²) in [5.41, 5.74) is 0.750. The van der Waals surface area contributed by atoms with E-state index in [1.807, 2.05) is 6.07 Å². The van der Waals surface area contributed by atoms with E-state index < -0.39 is 17.6 Å². The lowest BCUT2D eigenvalue weighted by atomic mass is 10.1. The first-order valence-corrected chi connectivity index (χ1v) is 7.80. The number of hydrogen-bond donors (Lipinski definition) is 0. The van der Waals surface area contributed by atoms with E-state index in [0.717, 1.165) is 29.6 Å². The fourth-order valence-corrected chi connectivity index (χ4v) is 3.28. The predicted molar refractivity (Wildman–Crippen MR) is 77.3 cm³/mol. The average molecular weight is 324 g/mol. The molecule has 1 aromatic heterocycles. The third-order valence-corrected chi connectivity index (χ3v) is 4.70. The molecule has 0 amide bonds. The Kier molecular flexibility index (Phi) is 5.04. The van der Waals surface area contributed by atoms with E-state index >= 15 is 0 Å². The third kappa shape index (κ3) is 3.86. The number of aryl methyl sites for hydroxylation is 1. The van der Waals surface area contributed by atoms with Crippen molar-refractivity contribution < 1.29 is 13.6 Å². The molecule has 0 saturated heterocycles. The number of thioether (sulfide) groups is 1. The largest absolute Gasteiger partial charge is 0.297 e. The van der Waals surface area contributed by atoms with Gasteiger partial charge in [0.15, 0.2) is 11.7 Å². The molecule has 2 aromatic rings. The molecule has 21 heavy (non-hydrogen) atoms. The molecule has 0 N–H and O–H groups in total. The number of benzene rings is 1. The molecule has 1 atom stereocenters. The lowest BCUT2D eigenvalue weighted by Gasteiger charge is -2.06. The lowest BCUT2D eigenvalue weighted by molar-refractivity contribution is -0.116. The molecule has 0 aliphatic carbocycles. The highest BCUT2D eigenvalue weighted by molar-refractivity contribution is 8.00. The van der Waals surface area contributed by atoms with Gasteiger partial charge in [0.05, 0.1) is 11.8 Å². The molecular weight excluding hydrogens is 314 g/mol. The van der Waals surface area contributed by atoms with Gasteiger partial charge in [0.2, 0.25) is 0 Å². The fraction of sp³-hybridized carbons (Fsp3) is 0.214. The number of nitrogens with zero attached hydrogens (tertiary/aromatic N) is 2. The Bertz CT molecular complexity index is 709. The summed E-state index contributed by atoms with van der Waals surface area (Å²) in [6.07, 6.45) is 0. The van der Waals surface area contributed by atoms with Crippen molar-refractivity contribution >= 4 is 28.9 Å². The fourth-order valence-electron chi connectivity index (χ4n) is 1.59. The number of thiazole rings is 1. The predicted octanol–water partition coefficient (Wildman–Crippen LogP) is 3.70. The molecule has 0 radical (unpaired) electrons. The number of hydrogen-bond acceptors (Lipinski definition) is 5. The van der Waals surface area contributed by atoms with E-state index in [1.165, 1.54) is 17.4 Å². The molecule has 2 rings (SSSR count). The van der Waals surface area contributed by atoms with Gasteiger partial charge in [0.1, 0.15) is 16.6 Å². The van der Waals surface area contributed by atoms with Gasteiger partial charge in [-0.2, -0.15) is 5.26 Å². The Labute approximate surface area is 128 Å². The Hall–Kier alpha value is -1.78. The van der Waals surface area contributed by atoms with E-state index in [2.05, 4.69) is 4.98 Å². The molecule has 1 heterocycles. The summed E-state index contributed by atoms with van der Waals surface area (Å²) in [6.45, 7) is 1.78. The van der Waals surface area contributed by atoms with Crippen LogP contribution in [0.15, 0.2) is 28.5 Å². The quantitative estimate of drug-likeness (QED) is 0.787. The smallest absolute Gasteiger partial charge is 0.167 e. The van der Waals surface area contributed by atoms with E-state index in [9.17, 15) is 13.6 Å². The van der Waals surface area contributed by atoms with E-state index in [4.69, 9.17) is 5.26 Å². The summed E-state index contributed by atoms with van der Waals surface area (Å²) in [4.78, 5) is 16.4. The second-order valence-corrected chi connectivity index (χ2v) is 6.13. The van der Waals surface area contributed by atoms with Crippen LogP contribution >= 0.6 is 23.1 Å². The van der Waals surface area contributed by atoms with Crippen molar-refractivity contribution in [3.8, 4) is 6.07 Å². The molecule has 108 valence electrons. The summed E-state index contributed by atoms with van der Waals surface area (Å²) in [6, 6.07) is 5.09. The molecule has 0 bridgehead atoms. The summed E-state index contributed by atoms with van der Waals surface area (Å²) in [7, 11) is 0. The monoisotopic (exact) mass is 324 g/mol. The zero-order valence-electron chi connectivity index (χ0n) is 11.0. The molecule has 0 spiro atoms. The first-order chi connectivity index (χ1) is 10.0. The number of carbonyl (C=O) groups is 1. The van der Waals surface area contributed by atoms with Crippen LogP contribution in [-0.2, 0) is 4.79 Å². The van der Waals surface area contributed by atoms with Gasteiger partial charge in [-0.15, -0.1) is 23.1 Å². The van der Waals surface area contributed by atoms with Gasteiger partial charge in [0, 0.05) is 22.0 Å². The van der Waals surface area contributed by atoms with Gasteiger partial charge in [0.25, 0.3) is 0 Å². The second kappa shape index (κ2) is 6.78. The van der Waals surface area contributed by atoms with Gasteiger partial charge in [-0.05, 0) is 19.1 Å². The highest BCUT2D eigenvalue weighted by Gasteiger charge is 2.23. The maximum Gasteiger partial charge on any atom is 0.167 e. The average Bonchev–Trinajstić information content (AvgIpc) is 2.85. The molecule has 0 aliphatic rings. The van der Waals surface area contributed by atoms with E-state index in [0.29, 0.717) is 5.01 Å². The first kappa shape index (κ1) is 15.6. The topological polar surface area (TPSA) is 53.8 Å². The Balaban J connectivity index is 2.05. The highest BCUT2D eigenvalue weighted by Crippen LogP contribution is 2.26. The van der Waals surface area contributed by atoms with Gasteiger partial charge in [-0.1, -0.05) is 0 Å². The van der Waals surface area contributed by atoms with Gasteiger partial charge in [-0.3, -0.25) is 4.79 Å². The number of rotatable bonds is 5. The first-order valence-electron chi connectivity index (χ1n) is 5.93. The third-order valence-electron chi connectivity index (χ3n) is 2.60. The van der Waals surface area contributed by atoms with Crippen molar-refractivity contribution in [1.29, 1.82) is 5.26 Å². The Morgan fingerprint density at radius 1 is 1.52 bits per heavy atom. The molecule has 0 unspecified atom stereocenters. The van der Waals surface area contributed by atoms with Crippen molar-refractivity contribution in [2.75, 3.05) is 5.75 Å². The SMILES string of the molecule is Cc1csc([C@H](C#N)C(=O)CSc2ccc(F)cc2F)n1. The van der Waals surface area contributed by atoms with Gasteiger partial charge in [-0.25, -0.2) is 13.8 Å². The van der Waals surface area contributed by atoms with Gasteiger partial charge >= 0.3 is 0 Å². The number of aromatic nitrogens is 1. The number of nitriles is 1. The van der Waals surface area contributed by atoms with Crippen LogP contribution in [-0.4, -0.2) is 16.5 Å². The summed E-state index contributed by atoms with van der Waals surface area (Å²) in [5.74, 6) is -2.75. The van der Waals surface area contributed by atoms with Crippen LogP contribution in [0.1, 0.15) is 16.6 Å². The van der Waals surface area contributed by atoms with Gasteiger partial charge < -0.3 is 0 Å². The molecule has 1 aromatic carbocycles. The maximum absolute atomic E-state index is 13.5. The zero-order chi connectivity index (χ0) is 15.4. The minimum absolute atomic E-state index is 0.0700. The summed E-state index contributed by atoms with van der Waals surface area (Å²) in [5, 5.41) is 11.3. The van der Waals surface area contributed by atoms with Crippen molar-refractivity contribution in [3.63, 3.8) is 0 Å². The second-order valence-electron chi connectivity index (χ2n) is 4.22. The van der Waals surface area contributed by atoms with Crippen molar-refractivity contribution in [1.82, 2.24) is 4.98 Å². The van der Waals surface area contributed by atoms with Crippen molar-refractivity contribution in [3.05, 3.63) is 45.9 Å². The number of ketones is 1. The van der Waals surface area contributed by atoms with Crippen LogP contribution < -0.4 is 0 Å². The standard InChI is InChI=1S/C14H10F2N2OS2/c1-8-6-21-14(18-8)10(5-17)12(19)7-20-13-3-2-9(15)4-11(13)16/h2-4,6,10H,7H2,1H3/t10-/m1/s1. The lowest BCUT2D eigenvalue weighted by Crippen LogP contribution is -2.13. The zero-order valence-corrected chi connectivity index (χ0v) is 12.6. The van der Waals surface area contributed by atoms with Crippen LogP contribution in [0.3, 0.4) is 0 Å². The van der Waals surface area contributed by atoms with E-state index in [1.54, 1.807) is 12.3 Å². The van der Waals surface area contributed by atoms with Crippen molar-refractivity contribution in [2.45, 2.75) is 17.7 Å². The maximum atomic E-state index is 13.5. The molecular formula is C14H10F2N2OS2. The number of Topliss-reactive ketones (excluding diaryl/α,β-unsaturated/α-hetero) is 1. The number of carbonyl (C=O) groups excluding carboxylic acids is 1. The van der Waals surface area contributed by atoms with Crippen LogP contribution in [0, 0.1) is 29.9 Å². The molecule has 0 fully saturated rings.